The van der Waals surface area contributed by atoms with Crippen LogP contribution < -0.4 is 5.73 Å². The molecule has 82 valence electrons. The highest BCUT2D eigenvalue weighted by Crippen LogP contribution is 2.25. The van der Waals surface area contributed by atoms with Crippen molar-refractivity contribution in [2.24, 2.45) is 17.6 Å². The first-order valence-corrected chi connectivity index (χ1v) is 5.88. The quantitative estimate of drug-likeness (QED) is 0.752. The van der Waals surface area contributed by atoms with Gasteiger partial charge in [0.05, 0.1) is 0 Å². The fourth-order valence-electron chi connectivity index (χ4n) is 2.16. The van der Waals surface area contributed by atoms with Crippen LogP contribution >= 0.6 is 0 Å². The first-order valence-electron chi connectivity index (χ1n) is 5.88. The molecule has 2 unspecified atom stereocenters. The van der Waals surface area contributed by atoms with Gasteiger partial charge in [0.25, 0.3) is 0 Å². The van der Waals surface area contributed by atoms with Gasteiger partial charge in [-0.05, 0) is 31.6 Å². The molecule has 0 amide bonds. The number of Topliss-reactive ketones (excluding diaryl/α,β-unsaturated/α-hetero) is 1. The van der Waals surface area contributed by atoms with Gasteiger partial charge in [-0.25, -0.2) is 0 Å². The lowest BCUT2D eigenvalue weighted by Gasteiger charge is -2.25. The maximum absolute atomic E-state index is 11.8. The van der Waals surface area contributed by atoms with Crippen molar-refractivity contribution < 1.29 is 4.79 Å². The second-order valence-corrected chi connectivity index (χ2v) is 5.02. The minimum Gasteiger partial charge on any atom is -0.328 e. The van der Waals surface area contributed by atoms with Crippen LogP contribution in [0.2, 0.25) is 0 Å². The number of nitrogens with two attached hydrogens (primary N) is 1. The molecule has 0 bridgehead atoms. The van der Waals surface area contributed by atoms with Gasteiger partial charge >= 0.3 is 0 Å². The van der Waals surface area contributed by atoms with Gasteiger partial charge in [-0.3, -0.25) is 4.79 Å². The van der Waals surface area contributed by atoms with Crippen molar-refractivity contribution in [2.45, 2.75) is 58.4 Å². The molecule has 2 heteroatoms. The summed E-state index contributed by atoms with van der Waals surface area (Å²) in [4.78, 5) is 11.8. The Labute approximate surface area is 87.2 Å². The molecule has 2 atom stereocenters. The van der Waals surface area contributed by atoms with Gasteiger partial charge in [-0.2, -0.15) is 0 Å². The van der Waals surface area contributed by atoms with E-state index in [4.69, 9.17) is 5.73 Å². The van der Waals surface area contributed by atoms with Crippen LogP contribution in [-0.2, 0) is 4.79 Å². The van der Waals surface area contributed by atoms with Crippen molar-refractivity contribution in [2.75, 3.05) is 0 Å². The Bertz CT molecular complexity index is 189. The van der Waals surface area contributed by atoms with E-state index < -0.39 is 0 Å². The predicted molar refractivity (Wildman–Crippen MR) is 59.0 cm³/mol. The molecule has 2 N–H and O–H groups in total. The van der Waals surface area contributed by atoms with Crippen LogP contribution in [0.3, 0.4) is 0 Å². The minimum atomic E-state index is 0.275. The smallest absolute Gasteiger partial charge is 0.136 e. The third-order valence-electron chi connectivity index (χ3n) is 3.14. The summed E-state index contributed by atoms with van der Waals surface area (Å²) in [6.45, 7) is 4.33. The Morgan fingerprint density at radius 3 is 2.71 bits per heavy atom. The minimum absolute atomic E-state index is 0.275. The van der Waals surface area contributed by atoms with Crippen LogP contribution in [-0.4, -0.2) is 11.8 Å². The summed E-state index contributed by atoms with van der Waals surface area (Å²) in [5.74, 6) is 1.36. The van der Waals surface area contributed by atoms with Gasteiger partial charge < -0.3 is 5.73 Å². The number of ketones is 1. The molecule has 1 aliphatic carbocycles. The molecule has 0 aliphatic heterocycles. The highest BCUT2D eigenvalue weighted by Gasteiger charge is 2.24. The molecule has 1 aliphatic rings. The van der Waals surface area contributed by atoms with Crippen molar-refractivity contribution in [3.05, 3.63) is 0 Å². The first-order chi connectivity index (χ1) is 6.59. The van der Waals surface area contributed by atoms with Crippen LogP contribution in [0.4, 0.5) is 0 Å². The third kappa shape index (κ3) is 3.79. The maximum Gasteiger partial charge on any atom is 0.136 e. The third-order valence-corrected chi connectivity index (χ3v) is 3.14. The molecule has 1 fully saturated rings. The molecule has 14 heavy (non-hydrogen) atoms. The summed E-state index contributed by atoms with van der Waals surface area (Å²) in [6, 6.07) is 0.275. The molecular formula is C12H23NO. The highest BCUT2D eigenvalue weighted by atomic mass is 16.1. The van der Waals surface area contributed by atoms with E-state index in [9.17, 15) is 4.79 Å². The summed E-state index contributed by atoms with van der Waals surface area (Å²) < 4.78 is 0. The predicted octanol–water partition coefficient (Wildman–Crippen LogP) is 2.51. The molecule has 0 heterocycles. The molecule has 0 aromatic carbocycles. The number of rotatable bonds is 4. The Kier molecular flexibility index (Phi) is 4.59. The first kappa shape index (κ1) is 11.7. The van der Waals surface area contributed by atoms with E-state index in [1.54, 1.807) is 0 Å². The van der Waals surface area contributed by atoms with Crippen LogP contribution in [0.25, 0.3) is 0 Å². The van der Waals surface area contributed by atoms with Gasteiger partial charge in [-0.15, -0.1) is 0 Å². The van der Waals surface area contributed by atoms with Crippen molar-refractivity contribution in [3.8, 4) is 0 Å². The zero-order valence-electron chi connectivity index (χ0n) is 9.46. The molecule has 0 saturated heterocycles. The SMILES string of the molecule is CC(C)CCC(=O)C1CCCC(N)C1. The topological polar surface area (TPSA) is 43.1 Å². The molecule has 2 nitrogen and oxygen atoms in total. The Morgan fingerprint density at radius 2 is 2.14 bits per heavy atom. The maximum atomic E-state index is 11.8. The molecule has 0 radical (unpaired) electrons. The lowest BCUT2D eigenvalue weighted by atomic mass is 9.82. The molecule has 1 rings (SSSR count). The summed E-state index contributed by atoms with van der Waals surface area (Å²) >= 11 is 0. The average Bonchev–Trinajstić information content (AvgIpc) is 2.14. The summed E-state index contributed by atoms with van der Waals surface area (Å²) in [5.41, 5.74) is 5.87. The van der Waals surface area contributed by atoms with Crippen LogP contribution in [0.1, 0.15) is 52.4 Å². The van der Waals surface area contributed by atoms with E-state index in [1.807, 2.05) is 0 Å². The molecule has 0 aromatic rings. The summed E-state index contributed by atoms with van der Waals surface area (Å²) in [5, 5.41) is 0. The van der Waals surface area contributed by atoms with E-state index in [-0.39, 0.29) is 12.0 Å². The number of carbonyl (C=O) groups is 1. The van der Waals surface area contributed by atoms with Crippen LogP contribution in [0.15, 0.2) is 0 Å². The van der Waals surface area contributed by atoms with E-state index in [1.165, 1.54) is 0 Å². The second-order valence-electron chi connectivity index (χ2n) is 5.02. The van der Waals surface area contributed by atoms with Gasteiger partial charge in [0, 0.05) is 18.4 Å². The zero-order chi connectivity index (χ0) is 10.6. The molecule has 0 spiro atoms. The van der Waals surface area contributed by atoms with Gasteiger partial charge in [-0.1, -0.05) is 20.3 Å². The summed E-state index contributed by atoms with van der Waals surface area (Å²) in [7, 11) is 0. The van der Waals surface area contributed by atoms with E-state index in [0.29, 0.717) is 11.7 Å². The lowest BCUT2D eigenvalue weighted by Crippen LogP contribution is -2.31. The van der Waals surface area contributed by atoms with Gasteiger partial charge in [0.15, 0.2) is 0 Å². The average molecular weight is 197 g/mol. The van der Waals surface area contributed by atoms with Crippen molar-refractivity contribution in [1.82, 2.24) is 0 Å². The molecule has 0 aromatic heterocycles. The highest BCUT2D eigenvalue weighted by molar-refractivity contribution is 5.81. The van der Waals surface area contributed by atoms with E-state index >= 15 is 0 Å². The Morgan fingerprint density at radius 1 is 1.43 bits per heavy atom. The molecule has 1 saturated carbocycles. The Balaban J connectivity index is 2.29. The standard InChI is InChI=1S/C12H23NO/c1-9(2)6-7-12(14)10-4-3-5-11(13)8-10/h9-11H,3-8,13H2,1-2H3. The van der Waals surface area contributed by atoms with Gasteiger partial charge in [0.1, 0.15) is 5.78 Å². The van der Waals surface area contributed by atoms with Crippen molar-refractivity contribution in [1.29, 1.82) is 0 Å². The van der Waals surface area contributed by atoms with Crippen LogP contribution in [0.5, 0.6) is 0 Å². The van der Waals surface area contributed by atoms with E-state index in [2.05, 4.69) is 13.8 Å². The largest absolute Gasteiger partial charge is 0.328 e. The van der Waals surface area contributed by atoms with Crippen molar-refractivity contribution >= 4 is 5.78 Å². The zero-order valence-corrected chi connectivity index (χ0v) is 9.46. The number of hydrogen-bond acceptors (Lipinski definition) is 2. The second kappa shape index (κ2) is 5.50. The van der Waals surface area contributed by atoms with Gasteiger partial charge in [0.2, 0.25) is 0 Å². The Hall–Kier alpha value is -0.370. The van der Waals surface area contributed by atoms with E-state index in [0.717, 1.165) is 38.5 Å². The summed E-state index contributed by atoms with van der Waals surface area (Å²) in [6.07, 6.45) is 6.04. The monoisotopic (exact) mass is 197 g/mol. The lowest BCUT2D eigenvalue weighted by molar-refractivity contribution is -0.124. The van der Waals surface area contributed by atoms with Crippen molar-refractivity contribution in [3.63, 3.8) is 0 Å². The fourth-order valence-corrected chi connectivity index (χ4v) is 2.16. The molecular weight excluding hydrogens is 174 g/mol. The van der Waals surface area contributed by atoms with Crippen LogP contribution in [0, 0.1) is 11.8 Å². The number of hydrogen-bond donors (Lipinski definition) is 1. The number of carbonyl (C=O) groups excluding carboxylic acids is 1. The normalized spacial score (nSPS) is 28.0. The fraction of sp³-hybridized carbons (Fsp3) is 0.917.